The summed E-state index contributed by atoms with van der Waals surface area (Å²) in [6, 6.07) is 8.73. The van der Waals surface area contributed by atoms with E-state index in [1.165, 1.54) is 30.3 Å². The molecule has 0 aliphatic rings. The lowest BCUT2D eigenvalue weighted by atomic mass is 10.2. The van der Waals surface area contributed by atoms with Crippen LogP contribution in [0.5, 0.6) is 0 Å². The zero-order chi connectivity index (χ0) is 19.3. The van der Waals surface area contributed by atoms with Gasteiger partial charge in [0, 0.05) is 17.8 Å². The minimum absolute atomic E-state index is 0.0767. The van der Waals surface area contributed by atoms with Crippen molar-refractivity contribution in [3.8, 4) is 0 Å². The van der Waals surface area contributed by atoms with Crippen molar-refractivity contribution in [2.75, 3.05) is 11.9 Å². The van der Waals surface area contributed by atoms with Crippen LogP contribution in [-0.4, -0.2) is 28.3 Å². The second-order valence-electron chi connectivity index (χ2n) is 4.82. The minimum atomic E-state index is -1.05. The lowest BCUT2D eigenvalue weighted by molar-refractivity contribution is -0.385. The van der Waals surface area contributed by atoms with E-state index in [1.807, 2.05) is 0 Å². The van der Waals surface area contributed by atoms with Gasteiger partial charge in [-0.05, 0) is 18.2 Å². The maximum Gasteiger partial charge on any atom is 0.345 e. The zero-order valence-corrected chi connectivity index (χ0v) is 13.6. The number of rotatable bonds is 6. The van der Waals surface area contributed by atoms with Crippen molar-refractivity contribution in [2.24, 2.45) is 0 Å². The number of hydrogen-bond donors (Lipinski definition) is 1. The highest BCUT2D eigenvalue weighted by Crippen LogP contribution is 2.27. The molecular formula is C15H10ClN3O7. The van der Waals surface area contributed by atoms with E-state index in [-0.39, 0.29) is 16.3 Å². The van der Waals surface area contributed by atoms with Crippen molar-refractivity contribution in [1.29, 1.82) is 0 Å². The van der Waals surface area contributed by atoms with Crippen LogP contribution in [0.2, 0.25) is 5.02 Å². The van der Waals surface area contributed by atoms with Gasteiger partial charge in [-0.2, -0.15) is 0 Å². The highest BCUT2D eigenvalue weighted by atomic mass is 35.5. The van der Waals surface area contributed by atoms with Gasteiger partial charge in [-0.25, -0.2) is 4.79 Å². The van der Waals surface area contributed by atoms with Crippen LogP contribution in [0.15, 0.2) is 42.5 Å². The number of benzene rings is 2. The first-order valence-corrected chi connectivity index (χ1v) is 7.31. The number of ether oxygens (including phenoxy) is 1. The standard InChI is InChI=1S/C15H10ClN3O7/c16-11-6-5-9(7-13(11)19(24)25)17-14(20)8-26-15(21)10-3-1-2-4-12(10)18(22)23/h1-7H,8H2,(H,17,20). The van der Waals surface area contributed by atoms with E-state index in [0.29, 0.717) is 0 Å². The molecule has 0 aliphatic heterocycles. The number of hydrogen-bond acceptors (Lipinski definition) is 7. The molecule has 11 heteroatoms. The predicted molar refractivity (Wildman–Crippen MR) is 90.1 cm³/mol. The third-order valence-electron chi connectivity index (χ3n) is 3.08. The second-order valence-corrected chi connectivity index (χ2v) is 5.23. The van der Waals surface area contributed by atoms with E-state index < -0.39 is 39.7 Å². The van der Waals surface area contributed by atoms with E-state index in [0.717, 1.165) is 12.1 Å². The quantitative estimate of drug-likeness (QED) is 0.461. The van der Waals surface area contributed by atoms with Gasteiger partial charge in [-0.15, -0.1) is 0 Å². The van der Waals surface area contributed by atoms with Crippen molar-refractivity contribution >= 4 is 40.5 Å². The third-order valence-corrected chi connectivity index (χ3v) is 3.40. The number of nitro groups is 2. The number of nitrogens with zero attached hydrogens (tertiary/aromatic N) is 2. The molecule has 10 nitrogen and oxygen atoms in total. The van der Waals surface area contributed by atoms with Crippen molar-refractivity contribution in [2.45, 2.75) is 0 Å². The fraction of sp³-hybridized carbons (Fsp3) is 0.0667. The average Bonchev–Trinajstić information content (AvgIpc) is 2.61. The summed E-state index contributed by atoms with van der Waals surface area (Å²) in [4.78, 5) is 43.9. The molecule has 26 heavy (non-hydrogen) atoms. The number of esters is 1. The van der Waals surface area contributed by atoms with Gasteiger partial charge in [-0.1, -0.05) is 23.7 Å². The molecule has 0 bridgehead atoms. The highest BCUT2D eigenvalue weighted by Gasteiger charge is 2.21. The SMILES string of the molecule is O=C(COC(=O)c1ccccc1[N+](=O)[O-])Nc1ccc(Cl)c([N+](=O)[O-])c1. The third kappa shape index (κ3) is 4.51. The molecule has 0 fully saturated rings. The van der Waals surface area contributed by atoms with Crippen LogP contribution in [0.25, 0.3) is 0 Å². The largest absolute Gasteiger partial charge is 0.452 e. The number of para-hydroxylation sites is 1. The number of carbonyl (C=O) groups is 2. The molecule has 2 aromatic carbocycles. The van der Waals surface area contributed by atoms with Crippen molar-refractivity contribution in [1.82, 2.24) is 0 Å². The maximum absolute atomic E-state index is 11.9. The Balaban J connectivity index is 2.01. The Morgan fingerprint density at radius 1 is 1.04 bits per heavy atom. The Bertz CT molecular complexity index is 901. The van der Waals surface area contributed by atoms with E-state index in [1.54, 1.807) is 0 Å². The molecule has 0 spiro atoms. The van der Waals surface area contributed by atoms with Gasteiger partial charge in [0.15, 0.2) is 6.61 Å². The number of amides is 1. The lowest BCUT2D eigenvalue weighted by Gasteiger charge is -2.07. The molecule has 0 atom stereocenters. The molecule has 0 aliphatic carbocycles. The van der Waals surface area contributed by atoms with Crippen molar-refractivity contribution in [3.63, 3.8) is 0 Å². The Kier molecular flexibility index (Phi) is 5.81. The van der Waals surface area contributed by atoms with E-state index in [4.69, 9.17) is 16.3 Å². The molecule has 0 heterocycles. The second kappa shape index (κ2) is 8.03. The minimum Gasteiger partial charge on any atom is -0.452 e. The molecule has 1 amide bonds. The van der Waals surface area contributed by atoms with Gasteiger partial charge in [0.1, 0.15) is 10.6 Å². The van der Waals surface area contributed by atoms with Crippen LogP contribution in [-0.2, 0) is 9.53 Å². The van der Waals surface area contributed by atoms with E-state index in [2.05, 4.69) is 5.32 Å². The predicted octanol–water partition coefficient (Wildman–Crippen LogP) is 2.95. The summed E-state index contributed by atoms with van der Waals surface area (Å²) in [7, 11) is 0. The van der Waals surface area contributed by atoms with Gasteiger partial charge in [-0.3, -0.25) is 25.0 Å². The van der Waals surface area contributed by atoms with Crippen LogP contribution in [0.4, 0.5) is 17.1 Å². The number of nitrogens with one attached hydrogen (secondary N) is 1. The van der Waals surface area contributed by atoms with Crippen LogP contribution in [0, 0.1) is 20.2 Å². The monoisotopic (exact) mass is 379 g/mol. The number of halogens is 1. The fourth-order valence-corrected chi connectivity index (χ4v) is 2.13. The summed E-state index contributed by atoms with van der Waals surface area (Å²) in [5.41, 5.74) is -1.08. The fourth-order valence-electron chi connectivity index (χ4n) is 1.94. The van der Waals surface area contributed by atoms with Gasteiger partial charge in [0.05, 0.1) is 9.85 Å². The number of nitro benzene ring substituents is 2. The first-order valence-electron chi connectivity index (χ1n) is 6.94. The van der Waals surface area contributed by atoms with Crippen LogP contribution < -0.4 is 5.32 Å². The molecule has 0 radical (unpaired) electrons. The van der Waals surface area contributed by atoms with Gasteiger partial charge >= 0.3 is 5.97 Å². The summed E-state index contributed by atoms with van der Waals surface area (Å²) in [5, 5.41) is 23.9. The maximum atomic E-state index is 11.9. The molecule has 134 valence electrons. The summed E-state index contributed by atoms with van der Waals surface area (Å²) in [6.45, 7) is -0.735. The molecule has 0 saturated carbocycles. The van der Waals surface area contributed by atoms with Gasteiger partial charge in [0.25, 0.3) is 17.3 Å². The molecule has 0 unspecified atom stereocenters. The first-order chi connectivity index (χ1) is 12.3. The summed E-state index contributed by atoms with van der Waals surface area (Å²) < 4.78 is 4.74. The Hall–Kier alpha value is -3.53. The Morgan fingerprint density at radius 3 is 2.35 bits per heavy atom. The molecule has 1 N–H and O–H groups in total. The van der Waals surface area contributed by atoms with E-state index >= 15 is 0 Å². The Morgan fingerprint density at radius 2 is 1.69 bits per heavy atom. The van der Waals surface area contributed by atoms with Gasteiger partial charge in [0.2, 0.25) is 0 Å². The lowest BCUT2D eigenvalue weighted by Crippen LogP contribution is -2.21. The number of anilines is 1. The molecule has 2 rings (SSSR count). The number of carbonyl (C=O) groups excluding carboxylic acids is 2. The van der Waals surface area contributed by atoms with E-state index in [9.17, 15) is 29.8 Å². The van der Waals surface area contributed by atoms with Crippen LogP contribution in [0.3, 0.4) is 0 Å². The van der Waals surface area contributed by atoms with Crippen LogP contribution in [0.1, 0.15) is 10.4 Å². The summed E-state index contributed by atoms with van der Waals surface area (Å²) in [5.74, 6) is -1.83. The smallest absolute Gasteiger partial charge is 0.345 e. The summed E-state index contributed by atoms with van der Waals surface area (Å²) in [6.07, 6.45) is 0. The highest BCUT2D eigenvalue weighted by molar-refractivity contribution is 6.32. The van der Waals surface area contributed by atoms with Crippen molar-refractivity contribution in [3.05, 3.63) is 73.3 Å². The summed E-state index contributed by atoms with van der Waals surface area (Å²) >= 11 is 5.66. The Labute approximate surface area is 150 Å². The molecule has 0 aromatic heterocycles. The topological polar surface area (TPSA) is 142 Å². The zero-order valence-electron chi connectivity index (χ0n) is 12.9. The van der Waals surface area contributed by atoms with Crippen molar-refractivity contribution < 1.29 is 24.2 Å². The average molecular weight is 380 g/mol. The normalized spacial score (nSPS) is 10.0. The molecule has 2 aromatic rings. The van der Waals surface area contributed by atoms with Crippen LogP contribution >= 0.6 is 11.6 Å². The molecule has 0 saturated heterocycles. The first kappa shape index (κ1) is 18.8. The van der Waals surface area contributed by atoms with Gasteiger partial charge < -0.3 is 10.1 Å². The molecular weight excluding hydrogens is 370 g/mol.